The SMILES string of the molecule is CSc1nc(C#CCNC(=O)OC(C)(C)C)ccc1C#N. The van der Waals surface area contributed by atoms with Crippen molar-refractivity contribution in [2.75, 3.05) is 12.8 Å². The number of pyridine rings is 1. The number of rotatable bonds is 2. The van der Waals surface area contributed by atoms with Gasteiger partial charge in [0.25, 0.3) is 0 Å². The van der Waals surface area contributed by atoms with Gasteiger partial charge in [-0.25, -0.2) is 9.78 Å². The summed E-state index contributed by atoms with van der Waals surface area (Å²) in [7, 11) is 0. The maximum Gasteiger partial charge on any atom is 0.408 e. The molecule has 0 unspecified atom stereocenters. The van der Waals surface area contributed by atoms with Gasteiger partial charge in [-0.15, -0.1) is 11.8 Å². The standard InChI is InChI=1S/C15H17N3O2S/c1-15(2,3)20-14(19)17-9-5-6-12-8-7-11(10-16)13(18-12)21-4/h7-8H,9H2,1-4H3,(H,17,19). The predicted octanol–water partition coefficient (Wildman–Crippen LogP) is 2.55. The van der Waals surface area contributed by atoms with E-state index in [1.165, 1.54) is 11.8 Å². The lowest BCUT2D eigenvalue weighted by Gasteiger charge is -2.18. The molecule has 6 heteroatoms. The summed E-state index contributed by atoms with van der Waals surface area (Å²) < 4.78 is 5.08. The predicted molar refractivity (Wildman–Crippen MR) is 81.8 cm³/mol. The molecule has 1 aromatic heterocycles. The summed E-state index contributed by atoms with van der Waals surface area (Å²) in [6, 6.07) is 5.44. The topological polar surface area (TPSA) is 75.0 Å². The lowest BCUT2D eigenvalue weighted by molar-refractivity contribution is 0.0535. The van der Waals surface area contributed by atoms with Gasteiger partial charge in [0.15, 0.2) is 0 Å². The van der Waals surface area contributed by atoms with Gasteiger partial charge in [0, 0.05) is 0 Å². The molecular formula is C15H17N3O2S. The first kappa shape index (κ1) is 16.9. The van der Waals surface area contributed by atoms with Crippen LogP contribution in [-0.4, -0.2) is 29.5 Å². The molecule has 0 saturated heterocycles. The summed E-state index contributed by atoms with van der Waals surface area (Å²) in [5, 5.41) is 12.1. The van der Waals surface area contributed by atoms with Crippen LogP contribution in [0.4, 0.5) is 4.79 Å². The largest absolute Gasteiger partial charge is 0.444 e. The van der Waals surface area contributed by atoms with Crippen LogP contribution in [0.3, 0.4) is 0 Å². The Morgan fingerprint density at radius 3 is 2.76 bits per heavy atom. The molecule has 110 valence electrons. The van der Waals surface area contributed by atoms with Gasteiger partial charge in [-0.3, -0.25) is 0 Å². The molecule has 1 aromatic rings. The average Bonchev–Trinajstić information content (AvgIpc) is 2.41. The van der Waals surface area contributed by atoms with E-state index in [9.17, 15) is 4.79 Å². The third kappa shape index (κ3) is 6.20. The number of carbonyl (C=O) groups is 1. The van der Waals surface area contributed by atoms with E-state index in [-0.39, 0.29) is 6.54 Å². The number of nitrogens with one attached hydrogen (secondary N) is 1. The Morgan fingerprint density at radius 2 is 2.19 bits per heavy atom. The number of carbonyl (C=O) groups excluding carboxylic acids is 1. The van der Waals surface area contributed by atoms with Gasteiger partial charge in [-0.2, -0.15) is 5.26 Å². The van der Waals surface area contributed by atoms with Crippen LogP contribution < -0.4 is 5.32 Å². The van der Waals surface area contributed by atoms with Crippen LogP contribution in [0.15, 0.2) is 17.2 Å². The number of hydrogen-bond acceptors (Lipinski definition) is 5. The van der Waals surface area contributed by atoms with Crippen LogP contribution in [0.25, 0.3) is 0 Å². The molecule has 0 aliphatic rings. The van der Waals surface area contributed by atoms with Crippen LogP contribution in [-0.2, 0) is 4.74 Å². The van der Waals surface area contributed by atoms with Gasteiger partial charge < -0.3 is 10.1 Å². The fraction of sp³-hybridized carbons (Fsp3) is 0.400. The van der Waals surface area contributed by atoms with E-state index >= 15 is 0 Å². The monoisotopic (exact) mass is 303 g/mol. The van der Waals surface area contributed by atoms with Crippen LogP contribution in [0.2, 0.25) is 0 Å². The molecule has 1 N–H and O–H groups in total. The van der Waals surface area contributed by atoms with Crippen LogP contribution >= 0.6 is 11.8 Å². The maximum atomic E-state index is 11.4. The first-order chi connectivity index (χ1) is 9.85. The van der Waals surface area contributed by atoms with Crippen molar-refractivity contribution < 1.29 is 9.53 Å². The van der Waals surface area contributed by atoms with Crippen molar-refractivity contribution in [2.24, 2.45) is 0 Å². The first-order valence-corrected chi connectivity index (χ1v) is 7.49. The highest BCUT2D eigenvalue weighted by Crippen LogP contribution is 2.16. The molecule has 0 aliphatic carbocycles. The van der Waals surface area contributed by atoms with Crippen molar-refractivity contribution in [3.63, 3.8) is 0 Å². The van der Waals surface area contributed by atoms with Crippen LogP contribution in [0.1, 0.15) is 32.0 Å². The van der Waals surface area contributed by atoms with E-state index in [0.29, 0.717) is 16.3 Å². The van der Waals surface area contributed by atoms with Gasteiger partial charge in [0.05, 0.1) is 12.1 Å². The minimum atomic E-state index is -0.528. The van der Waals surface area contributed by atoms with Crippen LogP contribution in [0.5, 0.6) is 0 Å². The minimum absolute atomic E-state index is 0.172. The van der Waals surface area contributed by atoms with Gasteiger partial charge in [-0.05, 0) is 45.1 Å². The molecule has 1 heterocycles. The van der Waals surface area contributed by atoms with Crippen molar-refractivity contribution in [3.8, 4) is 17.9 Å². The molecule has 21 heavy (non-hydrogen) atoms. The number of thioether (sulfide) groups is 1. The molecule has 0 saturated carbocycles. The third-order valence-electron chi connectivity index (χ3n) is 2.11. The Hall–Kier alpha value is -2.18. The number of ether oxygens (including phenoxy) is 1. The van der Waals surface area contributed by atoms with Crippen molar-refractivity contribution in [3.05, 3.63) is 23.4 Å². The molecule has 0 atom stereocenters. The van der Waals surface area contributed by atoms with Crippen molar-refractivity contribution in [2.45, 2.75) is 31.4 Å². The maximum absolute atomic E-state index is 11.4. The zero-order valence-corrected chi connectivity index (χ0v) is 13.3. The molecule has 0 fully saturated rings. The van der Waals surface area contributed by atoms with Gasteiger partial charge >= 0.3 is 6.09 Å². The first-order valence-electron chi connectivity index (χ1n) is 6.26. The zero-order chi connectivity index (χ0) is 15.9. The van der Waals surface area contributed by atoms with Crippen molar-refractivity contribution >= 4 is 17.9 Å². The summed E-state index contributed by atoms with van der Waals surface area (Å²) in [5.41, 5.74) is 0.559. The second kappa shape index (κ2) is 7.56. The minimum Gasteiger partial charge on any atom is -0.444 e. The summed E-state index contributed by atoms with van der Waals surface area (Å²) in [6.45, 7) is 5.56. The van der Waals surface area contributed by atoms with Crippen molar-refractivity contribution in [1.29, 1.82) is 5.26 Å². The molecule has 0 spiro atoms. The quantitative estimate of drug-likeness (QED) is 0.671. The Kier molecular flexibility index (Phi) is 6.08. The highest BCUT2D eigenvalue weighted by atomic mass is 32.2. The second-order valence-corrected chi connectivity index (χ2v) is 5.82. The summed E-state index contributed by atoms with van der Waals surface area (Å²) in [4.78, 5) is 15.7. The lowest BCUT2D eigenvalue weighted by atomic mass is 10.2. The Morgan fingerprint density at radius 1 is 1.48 bits per heavy atom. The Balaban J connectivity index is 2.60. The molecule has 1 rings (SSSR count). The molecule has 0 aliphatic heterocycles. The molecular weight excluding hydrogens is 286 g/mol. The smallest absolute Gasteiger partial charge is 0.408 e. The van der Waals surface area contributed by atoms with E-state index < -0.39 is 11.7 Å². The van der Waals surface area contributed by atoms with Crippen LogP contribution in [0, 0.1) is 23.2 Å². The normalized spacial score (nSPS) is 10.0. The lowest BCUT2D eigenvalue weighted by Crippen LogP contribution is -2.32. The van der Waals surface area contributed by atoms with Gasteiger partial charge in [0.1, 0.15) is 22.4 Å². The average molecular weight is 303 g/mol. The van der Waals surface area contributed by atoms with E-state index in [1.807, 2.05) is 6.26 Å². The fourth-order valence-corrected chi connectivity index (χ4v) is 1.84. The molecule has 0 radical (unpaired) electrons. The third-order valence-corrected chi connectivity index (χ3v) is 2.81. The van der Waals surface area contributed by atoms with E-state index in [2.05, 4.69) is 28.2 Å². The van der Waals surface area contributed by atoms with Gasteiger partial charge in [0.2, 0.25) is 0 Å². The highest BCUT2D eigenvalue weighted by molar-refractivity contribution is 7.98. The number of nitriles is 1. The number of amides is 1. The second-order valence-electron chi connectivity index (χ2n) is 5.02. The Labute approximate surface area is 129 Å². The fourth-order valence-electron chi connectivity index (χ4n) is 1.32. The summed E-state index contributed by atoms with van der Waals surface area (Å²) >= 11 is 1.39. The number of hydrogen-bond donors (Lipinski definition) is 1. The highest BCUT2D eigenvalue weighted by Gasteiger charge is 2.15. The number of nitrogens with zero attached hydrogens (tertiary/aromatic N) is 2. The van der Waals surface area contributed by atoms with E-state index in [4.69, 9.17) is 10.00 Å². The van der Waals surface area contributed by atoms with E-state index in [1.54, 1.807) is 32.9 Å². The summed E-state index contributed by atoms with van der Waals surface area (Å²) in [6.07, 6.45) is 1.35. The zero-order valence-electron chi connectivity index (χ0n) is 12.5. The molecule has 0 aromatic carbocycles. The summed E-state index contributed by atoms with van der Waals surface area (Å²) in [5.74, 6) is 5.63. The van der Waals surface area contributed by atoms with Gasteiger partial charge in [-0.1, -0.05) is 5.92 Å². The molecule has 5 nitrogen and oxygen atoms in total. The Bertz CT molecular complexity index is 619. The molecule has 1 amide bonds. The number of aromatic nitrogens is 1. The van der Waals surface area contributed by atoms with Crippen molar-refractivity contribution in [1.82, 2.24) is 10.3 Å². The number of alkyl carbamates (subject to hydrolysis) is 1. The van der Waals surface area contributed by atoms with E-state index in [0.717, 1.165) is 0 Å². The molecule has 0 bridgehead atoms.